The van der Waals surface area contributed by atoms with Crippen molar-refractivity contribution in [1.82, 2.24) is 0 Å². The van der Waals surface area contributed by atoms with Crippen molar-refractivity contribution in [2.45, 2.75) is 19.0 Å². The molecule has 0 aromatic heterocycles. The molecule has 0 unspecified atom stereocenters. The summed E-state index contributed by atoms with van der Waals surface area (Å²) in [7, 11) is 1.57. The SMILES string of the molecule is C[SiH2][SiH2][SiH2]CCc1ccccc1. The largest absolute Gasteiger partial charge is 0.0773 e. The molecule has 66 valence electrons. The Bertz CT molecular complexity index is 198. The maximum atomic E-state index is 2.49. The van der Waals surface area contributed by atoms with E-state index in [0.717, 1.165) is 0 Å². The molecule has 0 nitrogen and oxygen atoms in total. The van der Waals surface area contributed by atoms with Gasteiger partial charge in [0.1, 0.15) is 0 Å². The highest BCUT2D eigenvalue weighted by Gasteiger charge is 1.91. The predicted octanol–water partition coefficient (Wildman–Crippen LogP) is 0.0319. The zero-order valence-electron chi connectivity index (χ0n) is 7.92. The van der Waals surface area contributed by atoms with Gasteiger partial charge in [0, 0.05) is 18.1 Å². The highest BCUT2D eigenvalue weighted by atomic mass is 29.5. The lowest BCUT2D eigenvalue weighted by atomic mass is 10.2. The van der Waals surface area contributed by atoms with E-state index in [-0.39, 0.29) is 0 Å². The van der Waals surface area contributed by atoms with Gasteiger partial charge in [-0.1, -0.05) is 42.9 Å². The van der Waals surface area contributed by atoms with Crippen molar-refractivity contribution < 1.29 is 0 Å². The molecule has 0 amide bonds. The lowest BCUT2D eigenvalue weighted by molar-refractivity contribution is 1.13. The normalized spacial score (nSPS) is 13.1. The average Bonchev–Trinajstić information content (AvgIpc) is 2.14. The van der Waals surface area contributed by atoms with E-state index >= 15 is 0 Å². The van der Waals surface area contributed by atoms with Crippen molar-refractivity contribution >= 4 is 26.6 Å². The zero-order valence-corrected chi connectivity index (χ0v) is 12.2. The number of hydrogen-bond donors (Lipinski definition) is 0. The van der Waals surface area contributed by atoms with Gasteiger partial charge < -0.3 is 0 Å². The summed E-state index contributed by atoms with van der Waals surface area (Å²) in [6.07, 6.45) is 1.37. The van der Waals surface area contributed by atoms with Crippen LogP contribution in [-0.4, -0.2) is 26.6 Å². The van der Waals surface area contributed by atoms with Crippen molar-refractivity contribution in [3.8, 4) is 0 Å². The Morgan fingerprint density at radius 1 is 1.17 bits per heavy atom. The first-order chi connectivity index (χ1) is 5.93. The first-order valence-corrected chi connectivity index (χ1v) is 15.4. The van der Waals surface area contributed by atoms with E-state index in [2.05, 4.69) is 36.9 Å². The average molecular weight is 211 g/mol. The van der Waals surface area contributed by atoms with Crippen LogP contribution in [0.2, 0.25) is 12.6 Å². The van der Waals surface area contributed by atoms with Crippen LogP contribution in [0.15, 0.2) is 30.3 Å². The van der Waals surface area contributed by atoms with Crippen molar-refractivity contribution in [2.24, 2.45) is 0 Å². The van der Waals surface area contributed by atoms with Crippen LogP contribution < -0.4 is 0 Å². The van der Waals surface area contributed by atoms with Crippen LogP contribution in [0.25, 0.3) is 0 Å². The molecule has 0 N–H and O–H groups in total. The van der Waals surface area contributed by atoms with E-state index in [9.17, 15) is 0 Å². The fourth-order valence-electron chi connectivity index (χ4n) is 1.40. The van der Waals surface area contributed by atoms with Gasteiger partial charge in [0.2, 0.25) is 0 Å². The van der Waals surface area contributed by atoms with Crippen LogP contribution in [0, 0.1) is 0 Å². The Balaban J connectivity index is 2.16. The van der Waals surface area contributed by atoms with Crippen molar-refractivity contribution in [3.05, 3.63) is 35.9 Å². The van der Waals surface area contributed by atoms with E-state index in [1.54, 1.807) is 11.6 Å². The third-order valence-corrected chi connectivity index (χ3v) is 20.2. The van der Waals surface area contributed by atoms with Gasteiger partial charge in [-0.2, -0.15) is 0 Å². The summed E-state index contributed by atoms with van der Waals surface area (Å²) in [5.41, 5.74) is 1.55. The van der Waals surface area contributed by atoms with Crippen molar-refractivity contribution in [3.63, 3.8) is 0 Å². The molecule has 0 radical (unpaired) electrons. The molecule has 1 rings (SSSR count). The standard InChI is InChI=1S/C9H18Si3/c1-10-12-11-8-7-9-5-3-2-4-6-9/h2-6H,7-8,10-12H2,1H3. The summed E-state index contributed by atoms with van der Waals surface area (Å²) >= 11 is 0. The van der Waals surface area contributed by atoms with Crippen LogP contribution in [0.5, 0.6) is 0 Å². The van der Waals surface area contributed by atoms with Crippen LogP contribution in [0.1, 0.15) is 5.56 Å². The number of rotatable bonds is 5. The Labute approximate surface area is 81.8 Å². The van der Waals surface area contributed by atoms with Crippen molar-refractivity contribution in [2.75, 3.05) is 0 Å². The molecule has 0 saturated heterocycles. The smallest absolute Gasteiger partial charge is 0.00534 e. The highest BCUT2D eigenvalue weighted by molar-refractivity contribution is 7.29. The number of hydrogen-bond acceptors (Lipinski definition) is 0. The molecule has 12 heavy (non-hydrogen) atoms. The zero-order chi connectivity index (χ0) is 8.65. The summed E-state index contributed by atoms with van der Waals surface area (Å²) in [4.78, 5) is 0. The maximum Gasteiger partial charge on any atom is 0.00534 e. The second kappa shape index (κ2) is 6.39. The minimum absolute atomic E-state index is 0.468. The minimum atomic E-state index is 0.468. The summed E-state index contributed by atoms with van der Waals surface area (Å²) in [6.45, 7) is 2.49. The molecule has 0 aliphatic rings. The first-order valence-electron chi connectivity index (χ1n) is 4.97. The van der Waals surface area contributed by atoms with Gasteiger partial charge in [-0.25, -0.2) is 0 Å². The summed E-state index contributed by atoms with van der Waals surface area (Å²) in [5.74, 6) is 0. The van der Waals surface area contributed by atoms with E-state index in [1.807, 2.05) is 0 Å². The molecule has 1 aromatic rings. The lowest BCUT2D eigenvalue weighted by Gasteiger charge is -1.98. The van der Waals surface area contributed by atoms with Crippen LogP contribution in [0.4, 0.5) is 0 Å². The third kappa shape index (κ3) is 4.04. The number of benzene rings is 1. The number of aryl methyl sites for hydroxylation is 1. The maximum absolute atomic E-state index is 2.49. The van der Waals surface area contributed by atoms with E-state index in [4.69, 9.17) is 0 Å². The minimum Gasteiger partial charge on any atom is -0.0773 e. The summed E-state index contributed by atoms with van der Waals surface area (Å²) in [6, 6.07) is 12.5. The molecule has 0 fully saturated rings. The van der Waals surface area contributed by atoms with Crippen LogP contribution >= 0.6 is 0 Å². The molecule has 0 bridgehead atoms. The first kappa shape index (κ1) is 9.95. The second-order valence-electron chi connectivity index (χ2n) is 3.30. The summed E-state index contributed by atoms with van der Waals surface area (Å²) in [5, 5.41) is 0. The third-order valence-electron chi connectivity index (χ3n) is 2.16. The molecule has 3 heteroatoms. The quantitative estimate of drug-likeness (QED) is 0.475. The van der Waals surface area contributed by atoms with Gasteiger partial charge in [-0.3, -0.25) is 0 Å². The Kier molecular flexibility index (Phi) is 5.30. The monoisotopic (exact) mass is 210 g/mol. The Hall–Kier alpha value is -0.129. The van der Waals surface area contributed by atoms with Gasteiger partial charge in [0.15, 0.2) is 0 Å². The van der Waals surface area contributed by atoms with Crippen molar-refractivity contribution in [1.29, 1.82) is 0 Å². The molecule has 0 heterocycles. The van der Waals surface area contributed by atoms with Crippen LogP contribution in [-0.2, 0) is 6.42 Å². The lowest BCUT2D eigenvalue weighted by Crippen LogP contribution is -2.09. The van der Waals surface area contributed by atoms with Gasteiger partial charge in [0.05, 0.1) is 0 Å². The molecule has 0 saturated carbocycles. The Morgan fingerprint density at radius 3 is 2.58 bits per heavy atom. The fourth-order valence-corrected chi connectivity index (χ4v) is 13.9. The Morgan fingerprint density at radius 2 is 1.92 bits per heavy atom. The molecule has 0 aliphatic carbocycles. The second-order valence-corrected chi connectivity index (χ2v) is 20.0. The molecular weight excluding hydrogens is 192 g/mol. The molecular formula is C9H18Si3. The van der Waals surface area contributed by atoms with Gasteiger partial charge in [0.25, 0.3) is 0 Å². The van der Waals surface area contributed by atoms with Gasteiger partial charge >= 0.3 is 0 Å². The van der Waals surface area contributed by atoms with E-state index in [0.29, 0.717) is 26.6 Å². The fraction of sp³-hybridized carbons (Fsp3) is 0.333. The van der Waals surface area contributed by atoms with Gasteiger partial charge in [-0.05, 0) is 20.5 Å². The summed E-state index contributed by atoms with van der Waals surface area (Å²) < 4.78 is 0. The molecule has 1 aromatic carbocycles. The van der Waals surface area contributed by atoms with Crippen LogP contribution in [0.3, 0.4) is 0 Å². The molecule has 0 spiro atoms. The van der Waals surface area contributed by atoms with Gasteiger partial charge in [-0.15, -0.1) is 0 Å². The highest BCUT2D eigenvalue weighted by Crippen LogP contribution is 2.01. The molecule has 0 atom stereocenters. The molecule has 0 aliphatic heterocycles. The topological polar surface area (TPSA) is 0 Å². The predicted molar refractivity (Wildman–Crippen MR) is 66.4 cm³/mol. The van der Waals surface area contributed by atoms with E-state index in [1.165, 1.54) is 6.42 Å². The van der Waals surface area contributed by atoms with E-state index < -0.39 is 0 Å².